The third-order valence-corrected chi connectivity index (χ3v) is 6.80. The molecule has 0 saturated carbocycles. The van der Waals surface area contributed by atoms with Crippen molar-refractivity contribution in [3.8, 4) is 11.5 Å². The van der Waals surface area contributed by atoms with Gasteiger partial charge < -0.3 is 4.42 Å². The molecule has 2 unspecified atom stereocenters. The molecule has 2 heterocycles. The third-order valence-electron chi connectivity index (χ3n) is 5.74. The Bertz CT molecular complexity index is 989. The summed E-state index contributed by atoms with van der Waals surface area (Å²) in [6.07, 6.45) is -2.77. The first kappa shape index (κ1) is 22.7. The quantitative estimate of drug-likeness (QED) is 0.446. The van der Waals surface area contributed by atoms with E-state index >= 15 is 0 Å². The van der Waals surface area contributed by atoms with Gasteiger partial charge in [0, 0.05) is 48.6 Å². The summed E-state index contributed by atoms with van der Waals surface area (Å²) in [6.45, 7) is 7.17. The number of rotatable bonds is 7. The highest BCUT2D eigenvalue weighted by Gasteiger charge is 2.28. The number of likely N-dealkylation sites (N-methyl/N-ethyl adjacent to an activating group) is 1. The van der Waals surface area contributed by atoms with Crippen molar-refractivity contribution in [2.75, 3.05) is 24.4 Å². The molecule has 3 aromatic rings. The first-order chi connectivity index (χ1) is 15.4. The van der Waals surface area contributed by atoms with Crippen LogP contribution in [0.25, 0.3) is 11.5 Å². The van der Waals surface area contributed by atoms with Crippen LogP contribution in [0.1, 0.15) is 31.7 Å². The zero-order valence-corrected chi connectivity index (χ0v) is 19.2. The summed E-state index contributed by atoms with van der Waals surface area (Å²) >= 11 is 1.75. The van der Waals surface area contributed by atoms with Crippen LogP contribution in [0, 0.1) is 0 Å². The van der Waals surface area contributed by atoms with Crippen molar-refractivity contribution in [2.24, 2.45) is 0 Å². The Morgan fingerprint density at radius 1 is 1.03 bits per heavy atom. The maximum absolute atomic E-state index is 12.7. The second-order valence-electron chi connectivity index (χ2n) is 8.11. The summed E-state index contributed by atoms with van der Waals surface area (Å²) in [5, 5.41) is 7.12. The second-order valence-corrected chi connectivity index (χ2v) is 9.23. The molecular weight excluding hydrogens is 432 g/mol. The maximum atomic E-state index is 12.7. The minimum Gasteiger partial charge on any atom is -0.415 e. The molecule has 1 aliphatic heterocycles. The smallest absolute Gasteiger partial charge is 0.314 e. The van der Waals surface area contributed by atoms with Crippen LogP contribution in [0.15, 0.2) is 59.0 Å². The fourth-order valence-corrected chi connectivity index (χ4v) is 4.95. The molecule has 1 saturated heterocycles. The summed E-state index contributed by atoms with van der Waals surface area (Å²) in [5.41, 5.74) is 2.84. The standard InChI is InChI=1S/C23H27F2N5OS/c1-16-13-29(14-17(2)28(16)3)32-30(20-7-5-4-6-8-20)15-18-9-11-19(12-10-18)22-26-27-23(31-22)21(24)25/h4-12,16-17,21H,13-15H2,1-3H3. The number of hydrogen-bond acceptors (Lipinski definition) is 7. The molecule has 0 bridgehead atoms. The number of para-hydroxylation sites is 1. The monoisotopic (exact) mass is 459 g/mol. The van der Waals surface area contributed by atoms with Crippen molar-refractivity contribution in [1.29, 1.82) is 0 Å². The number of alkyl halides is 2. The maximum Gasteiger partial charge on any atom is 0.314 e. The first-order valence-corrected chi connectivity index (χ1v) is 11.3. The Morgan fingerprint density at radius 2 is 1.69 bits per heavy atom. The van der Waals surface area contributed by atoms with Crippen LogP contribution in [0.2, 0.25) is 0 Å². The van der Waals surface area contributed by atoms with Gasteiger partial charge in [-0.25, -0.2) is 4.31 Å². The zero-order valence-electron chi connectivity index (χ0n) is 18.4. The SMILES string of the molecule is CC1CN(SN(Cc2ccc(-c3nnc(C(F)F)o3)cc2)c2ccccc2)CC(C)N1C. The molecule has 0 amide bonds. The van der Waals surface area contributed by atoms with E-state index in [2.05, 4.69) is 56.7 Å². The van der Waals surface area contributed by atoms with Gasteiger partial charge in [0.25, 0.3) is 5.89 Å². The molecule has 2 atom stereocenters. The lowest BCUT2D eigenvalue weighted by Crippen LogP contribution is -2.53. The number of benzene rings is 2. The minimum absolute atomic E-state index is 0.0987. The highest BCUT2D eigenvalue weighted by Crippen LogP contribution is 2.31. The van der Waals surface area contributed by atoms with Crippen molar-refractivity contribution < 1.29 is 13.2 Å². The van der Waals surface area contributed by atoms with E-state index in [1.165, 1.54) is 0 Å². The van der Waals surface area contributed by atoms with E-state index in [-0.39, 0.29) is 5.89 Å². The lowest BCUT2D eigenvalue weighted by atomic mass is 10.1. The van der Waals surface area contributed by atoms with E-state index in [1.807, 2.05) is 42.5 Å². The van der Waals surface area contributed by atoms with Crippen LogP contribution in [-0.2, 0) is 6.54 Å². The molecule has 9 heteroatoms. The number of anilines is 1. The van der Waals surface area contributed by atoms with Crippen LogP contribution < -0.4 is 4.31 Å². The summed E-state index contributed by atoms with van der Waals surface area (Å²) in [5.74, 6) is -0.562. The van der Waals surface area contributed by atoms with Gasteiger partial charge >= 0.3 is 6.43 Å². The van der Waals surface area contributed by atoms with Crippen LogP contribution >= 0.6 is 12.1 Å². The van der Waals surface area contributed by atoms with Crippen molar-refractivity contribution in [3.05, 3.63) is 66.1 Å². The van der Waals surface area contributed by atoms with Gasteiger partial charge in [0.2, 0.25) is 5.89 Å². The Labute approximate surface area is 191 Å². The Morgan fingerprint density at radius 3 is 2.28 bits per heavy atom. The molecular formula is C23H27F2N5OS. The van der Waals surface area contributed by atoms with Gasteiger partial charge in [-0.3, -0.25) is 9.21 Å². The van der Waals surface area contributed by atoms with Crippen molar-refractivity contribution in [3.63, 3.8) is 0 Å². The topological polar surface area (TPSA) is 48.6 Å². The Balaban J connectivity index is 1.50. The number of halogens is 2. The van der Waals surface area contributed by atoms with E-state index < -0.39 is 12.3 Å². The van der Waals surface area contributed by atoms with E-state index in [4.69, 9.17) is 4.42 Å². The molecule has 170 valence electrons. The van der Waals surface area contributed by atoms with Crippen LogP contribution in [-0.4, -0.2) is 51.6 Å². The molecule has 2 aromatic carbocycles. The van der Waals surface area contributed by atoms with Gasteiger partial charge in [-0.2, -0.15) is 8.78 Å². The van der Waals surface area contributed by atoms with Crippen LogP contribution in [0.5, 0.6) is 0 Å². The summed E-state index contributed by atoms with van der Waals surface area (Å²) in [4.78, 5) is 2.42. The highest BCUT2D eigenvalue weighted by atomic mass is 32.2. The average Bonchev–Trinajstić information content (AvgIpc) is 3.29. The molecule has 0 spiro atoms. The summed E-state index contributed by atoms with van der Waals surface area (Å²) < 4.78 is 35.2. The lowest BCUT2D eigenvalue weighted by molar-refractivity contribution is 0.111. The highest BCUT2D eigenvalue weighted by molar-refractivity contribution is 7.98. The van der Waals surface area contributed by atoms with Gasteiger partial charge in [-0.1, -0.05) is 30.3 Å². The second kappa shape index (κ2) is 9.97. The zero-order chi connectivity index (χ0) is 22.7. The Hall–Kier alpha value is -2.49. The van der Waals surface area contributed by atoms with Gasteiger partial charge in [0.15, 0.2) is 0 Å². The first-order valence-electron chi connectivity index (χ1n) is 10.6. The normalized spacial score (nSPS) is 20.1. The van der Waals surface area contributed by atoms with E-state index in [9.17, 15) is 8.78 Å². The van der Waals surface area contributed by atoms with Crippen molar-refractivity contribution in [1.82, 2.24) is 19.4 Å². The van der Waals surface area contributed by atoms with Crippen LogP contribution in [0.3, 0.4) is 0 Å². The molecule has 32 heavy (non-hydrogen) atoms. The Kier molecular flexibility index (Phi) is 7.07. The number of piperazine rings is 1. The predicted octanol–water partition coefficient (Wildman–Crippen LogP) is 5.27. The molecule has 1 fully saturated rings. The number of hydrogen-bond donors (Lipinski definition) is 0. The fraction of sp³-hybridized carbons (Fsp3) is 0.391. The summed E-state index contributed by atoms with van der Waals surface area (Å²) in [7, 11) is 2.18. The largest absolute Gasteiger partial charge is 0.415 e. The van der Waals surface area contributed by atoms with E-state index in [0.717, 1.165) is 24.3 Å². The van der Waals surface area contributed by atoms with E-state index in [1.54, 1.807) is 12.1 Å². The predicted molar refractivity (Wildman–Crippen MR) is 123 cm³/mol. The average molecular weight is 460 g/mol. The summed E-state index contributed by atoms with van der Waals surface area (Å²) in [6, 6.07) is 18.8. The molecule has 6 nitrogen and oxygen atoms in total. The number of aromatic nitrogens is 2. The van der Waals surface area contributed by atoms with Gasteiger partial charge in [0.1, 0.15) is 0 Å². The van der Waals surface area contributed by atoms with Gasteiger partial charge in [-0.15, -0.1) is 10.2 Å². The third kappa shape index (κ3) is 5.28. The molecule has 4 rings (SSSR count). The number of nitrogens with zero attached hydrogens (tertiary/aromatic N) is 5. The fourth-order valence-electron chi connectivity index (χ4n) is 3.68. The van der Waals surface area contributed by atoms with Gasteiger partial charge in [-0.05, 0) is 50.7 Å². The molecule has 0 radical (unpaired) electrons. The van der Waals surface area contributed by atoms with Gasteiger partial charge in [0.05, 0.1) is 6.54 Å². The van der Waals surface area contributed by atoms with E-state index in [0.29, 0.717) is 24.2 Å². The van der Waals surface area contributed by atoms with Crippen molar-refractivity contribution >= 4 is 17.8 Å². The van der Waals surface area contributed by atoms with Crippen molar-refractivity contribution in [2.45, 2.75) is 38.9 Å². The molecule has 1 aliphatic rings. The van der Waals surface area contributed by atoms with Crippen LogP contribution in [0.4, 0.5) is 14.5 Å². The molecule has 1 aromatic heterocycles. The lowest BCUT2D eigenvalue weighted by Gasteiger charge is -2.43. The molecule has 0 N–H and O–H groups in total. The molecule has 0 aliphatic carbocycles. The minimum atomic E-state index is -2.77.